The van der Waals surface area contributed by atoms with Crippen LogP contribution in [0.3, 0.4) is 0 Å². The Morgan fingerprint density at radius 3 is 2.66 bits per heavy atom. The first-order valence-electron chi connectivity index (χ1n) is 11.0. The van der Waals surface area contributed by atoms with Crippen molar-refractivity contribution in [2.75, 3.05) is 43.4 Å². The number of H-pyrrole nitrogens is 1. The third kappa shape index (κ3) is 3.89. The Morgan fingerprint density at radius 1 is 1.03 bits per heavy atom. The van der Waals surface area contributed by atoms with E-state index in [1.807, 2.05) is 38.6 Å². The van der Waals surface area contributed by atoms with Gasteiger partial charge in [-0.1, -0.05) is 6.92 Å². The fourth-order valence-electron chi connectivity index (χ4n) is 4.34. The number of pyridine rings is 4. The highest BCUT2D eigenvalue weighted by atomic mass is 16.1. The third-order valence-corrected chi connectivity index (χ3v) is 6.19. The molecule has 5 heterocycles. The topological polar surface area (TPSA) is 90.0 Å². The van der Waals surface area contributed by atoms with E-state index in [1.165, 1.54) is 0 Å². The maximum absolute atomic E-state index is 12.1. The van der Waals surface area contributed by atoms with Crippen LogP contribution < -0.4 is 15.8 Å². The van der Waals surface area contributed by atoms with Gasteiger partial charge in [0, 0.05) is 63.1 Å². The van der Waals surface area contributed by atoms with Gasteiger partial charge in [0.25, 0.3) is 5.56 Å². The lowest BCUT2D eigenvalue weighted by atomic mass is 10.1. The summed E-state index contributed by atoms with van der Waals surface area (Å²) in [5, 5.41) is 4.19. The Hall–Kier alpha value is -3.52. The summed E-state index contributed by atoms with van der Waals surface area (Å²) in [4.78, 5) is 33.5. The summed E-state index contributed by atoms with van der Waals surface area (Å²) in [5.41, 5.74) is 6.53. The minimum Gasteiger partial charge on any atom is -0.385 e. The van der Waals surface area contributed by atoms with E-state index in [-0.39, 0.29) is 5.56 Å². The van der Waals surface area contributed by atoms with E-state index in [2.05, 4.69) is 47.2 Å². The Balaban J connectivity index is 1.27. The van der Waals surface area contributed by atoms with E-state index in [4.69, 9.17) is 0 Å². The second kappa shape index (κ2) is 8.55. The first-order chi connectivity index (χ1) is 15.6. The van der Waals surface area contributed by atoms with Crippen molar-refractivity contribution in [3.63, 3.8) is 0 Å². The molecule has 0 bridgehead atoms. The highest BCUT2D eigenvalue weighted by molar-refractivity contribution is 5.90. The standard InChI is InChI=1S/C24H27N7O/c1-3-17-10-20-21(29-24(17)32)8-16(11-27-20)15-30-4-6-31(7-5-30)19-9-18-12-26-14-22(25-2)23(18)28-13-19/h8-14,25H,3-7,15H2,1-2H3,(H,29,32). The van der Waals surface area contributed by atoms with Crippen LogP contribution in [0.25, 0.3) is 21.9 Å². The van der Waals surface area contributed by atoms with Crippen LogP contribution in [0.5, 0.6) is 0 Å². The number of nitrogens with zero attached hydrogens (tertiary/aromatic N) is 5. The second-order valence-corrected chi connectivity index (χ2v) is 8.22. The van der Waals surface area contributed by atoms with E-state index < -0.39 is 0 Å². The fourth-order valence-corrected chi connectivity index (χ4v) is 4.34. The zero-order valence-corrected chi connectivity index (χ0v) is 18.4. The molecule has 0 atom stereocenters. The molecule has 1 aliphatic heterocycles. The molecule has 0 unspecified atom stereocenters. The van der Waals surface area contributed by atoms with E-state index >= 15 is 0 Å². The highest BCUT2D eigenvalue weighted by Gasteiger charge is 2.18. The molecule has 0 aliphatic carbocycles. The number of aromatic amines is 1. The molecule has 1 aliphatic rings. The molecule has 5 rings (SSSR count). The van der Waals surface area contributed by atoms with Gasteiger partial charge >= 0.3 is 0 Å². The fraction of sp³-hybridized carbons (Fsp3) is 0.333. The summed E-state index contributed by atoms with van der Waals surface area (Å²) >= 11 is 0. The number of hydrogen-bond acceptors (Lipinski definition) is 7. The van der Waals surface area contributed by atoms with Crippen LogP contribution >= 0.6 is 0 Å². The maximum atomic E-state index is 12.1. The molecule has 1 fully saturated rings. The lowest BCUT2D eigenvalue weighted by Gasteiger charge is -2.36. The normalized spacial score (nSPS) is 14.9. The Labute approximate surface area is 186 Å². The van der Waals surface area contributed by atoms with Gasteiger partial charge in [-0.05, 0) is 30.2 Å². The summed E-state index contributed by atoms with van der Waals surface area (Å²) in [6, 6.07) is 6.11. The number of aromatic nitrogens is 4. The molecule has 0 amide bonds. The Kier molecular flexibility index (Phi) is 5.45. The van der Waals surface area contributed by atoms with Crippen LogP contribution in [0, 0.1) is 0 Å². The Morgan fingerprint density at radius 2 is 1.88 bits per heavy atom. The third-order valence-electron chi connectivity index (χ3n) is 6.19. The van der Waals surface area contributed by atoms with Crippen molar-refractivity contribution in [1.29, 1.82) is 0 Å². The molecule has 32 heavy (non-hydrogen) atoms. The SMILES string of the molecule is CCc1cc2ncc(CN3CCN(c4cnc5c(NC)cncc5c4)CC3)cc2[nH]c1=O. The van der Waals surface area contributed by atoms with Crippen molar-refractivity contribution in [1.82, 2.24) is 24.8 Å². The van der Waals surface area contributed by atoms with Crippen LogP contribution in [0.2, 0.25) is 0 Å². The number of rotatable bonds is 5. The average Bonchev–Trinajstić information content (AvgIpc) is 2.83. The molecule has 4 aromatic heterocycles. The molecule has 2 N–H and O–H groups in total. The van der Waals surface area contributed by atoms with Crippen molar-refractivity contribution in [2.24, 2.45) is 0 Å². The van der Waals surface area contributed by atoms with E-state index in [0.717, 1.165) is 77.2 Å². The zero-order chi connectivity index (χ0) is 22.1. The second-order valence-electron chi connectivity index (χ2n) is 8.22. The van der Waals surface area contributed by atoms with Gasteiger partial charge in [-0.3, -0.25) is 24.6 Å². The number of hydrogen-bond donors (Lipinski definition) is 2. The van der Waals surface area contributed by atoms with Crippen molar-refractivity contribution in [3.05, 3.63) is 64.5 Å². The van der Waals surface area contributed by atoms with Gasteiger partial charge in [-0.2, -0.15) is 0 Å². The van der Waals surface area contributed by atoms with E-state index in [9.17, 15) is 4.79 Å². The number of aryl methyl sites for hydroxylation is 1. The highest BCUT2D eigenvalue weighted by Crippen LogP contribution is 2.25. The van der Waals surface area contributed by atoms with Crippen molar-refractivity contribution >= 4 is 33.3 Å². The first-order valence-corrected chi connectivity index (χ1v) is 11.0. The monoisotopic (exact) mass is 429 g/mol. The Bertz CT molecular complexity index is 1330. The van der Waals surface area contributed by atoms with Crippen molar-refractivity contribution in [3.8, 4) is 0 Å². The van der Waals surface area contributed by atoms with Gasteiger partial charge in [-0.15, -0.1) is 0 Å². The molecule has 0 aromatic carbocycles. The van der Waals surface area contributed by atoms with Crippen molar-refractivity contribution < 1.29 is 0 Å². The van der Waals surface area contributed by atoms with Crippen molar-refractivity contribution in [2.45, 2.75) is 19.9 Å². The lowest BCUT2D eigenvalue weighted by Crippen LogP contribution is -2.46. The van der Waals surface area contributed by atoms with Gasteiger partial charge in [0.15, 0.2) is 0 Å². The number of fused-ring (bicyclic) bond motifs is 2. The summed E-state index contributed by atoms with van der Waals surface area (Å²) in [7, 11) is 1.89. The zero-order valence-electron chi connectivity index (χ0n) is 18.4. The molecule has 0 spiro atoms. The molecule has 0 saturated carbocycles. The predicted molar refractivity (Wildman–Crippen MR) is 128 cm³/mol. The molecule has 4 aromatic rings. The smallest absolute Gasteiger partial charge is 0.251 e. The van der Waals surface area contributed by atoms with Gasteiger partial charge in [-0.25, -0.2) is 0 Å². The summed E-state index contributed by atoms with van der Waals surface area (Å²) in [6.45, 7) is 6.58. The number of piperazine rings is 1. The van der Waals surface area contributed by atoms with Crippen LogP contribution in [-0.4, -0.2) is 58.1 Å². The summed E-state index contributed by atoms with van der Waals surface area (Å²) < 4.78 is 0. The molecular weight excluding hydrogens is 402 g/mol. The van der Waals surface area contributed by atoms with Crippen LogP contribution in [0.4, 0.5) is 11.4 Å². The first kappa shape index (κ1) is 20.4. The number of nitrogens with one attached hydrogen (secondary N) is 2. The molecule has 1 saturated heterocycles. The molecule has 164 valence electrons. The van der Waals surface area contributed by atoms with E-state index in [0.29, 0.717) is 6.42 Å². The van der Waals surface area contributed by atoms with Gasteiger partial charge in [0.1, 0.15) is 0 Å². The molecular formula is C24H27N7O. The van der Waals surface area contributed by atoms with Gasteiger partial charge in [0.2, 0.25) is 0 Å². The van der Waals surface area contributed by atoms with Gasteiger partial charge in [0.05, 0.1) is 40.3 Å². The van der Waals surface area contributed by atoms with Crippen LogP contribution in [0.15, 0.2) is 47.8 Å². The molecule has 0 radical (unpaired) electrons. The summed E-state index contributed by atoms with van der Waals surface area (Å²) in [5.74, 6) is 0. The average molecular weight is 430 g/mol. The quantitative estimate of drug-likeness (QED) is 0.504. The van der Waals surface area contributed by atoms with Gasteiger partial charge < -0.3 is 15.2 Å². The lowest BCUT2D eigenvalue weighted by molar-refractivity contribution is 0.249. The van der Waals surface area contributed by atoms with E-state index in [1.54, 1.807) is 6.20 Å². The van der Waals surface area contributed by atoms with Crippen LogP contribution in [-0.2, 0) is 13.0 Å². The largest absolute Gasteiger partial charge is 0.385 e. The minimum absolute atomic E-state index is 0.0198. The maximum Gasteiger partial charge on any atom is 0.251 e. The summed E-state index contributed by atoms with van der Waals surface area (Å²) in [6.07, 6.45) is 8.25. The van der Waals surface area contributed by atoms with Crippen LogP contribution in [0.1, 0.15) is 18.1 Å². The number of anilines is 2. The predicted octanol–water partition coefficient (Wildman–Crippen LogP) is 2.79. The minimum atomic E-state index is -0.0198. The molecule has 8 heteroatoms. The molecule has 8 nitrogen and oxygen atoms in total.